The number of hydrogen-bond acceptors (Lipinski definition) is 5. The van der Waals surface area contributed by atoms with Crippen molar-refractivity contribution in [2.45, 2.75) is 19.6 Å². The van der Waals surface area contributed by atoms with Crippen molar-refractivity contribution in [1.29, 1.82) is 0 Å². The van der Waals surface area contributed by atoms with Gasteiger partial charge in [0, 0.05) is 22.6 Å². The van der Waals surface area contributed by atoms with E-state index in [2.05, 4.69) is 12.1 Å². The molecule has 3 aliphatic heterocycles. The monoisotopic (exact) mass is 346 g/mol. The van der Waals surface area contributed by atoms with Crippen molar-refractivity contribution >= 4 is 10.9 Å². The van der Waals surface area contributed by atoms with Crippen molar-refractivity contribution in [3.63, 3.8) is 0 Å². The molecule has 0 bridgehead atoms. The molecular weight excluding hydrogens is 332 g/mol. The second kappa shape index (κ2) is 4.95. The fraction of sp³-hybridized carbons (Fsp3) is 0.200. The van der Waals surface area contributed by atoms with E-state index in [0.717, 1.165) is 45.4 Å². The van der Waals surface area contributed by atoms with Gasteiger partial charge in [0.05, 0.1) is 36.7 Å². The molecule has 0 N–H and O–H groups in total. The third kappa shape index (κ3) is 1.84. The van der Waals surface area contributed by atoms with Gasteiger partial charge < -0.3 is 18.8 Å². The number of ether oxygens (including phenoxy) is 3. The number of aromatic nitrogens is 2. The zero-order valence-electron chi connectivity index (χ0n) is 13.8. The molecule has 3 aromatic rings. The number of fused-ring (bicyclic) bond motifs is 6. The van der Waals surface area contributed by atoms with Gasteiger partial charge in [-0.25, -0.2) is 4.98 Å². The molecule has 0 saturated carbocycles. The molecule has 0 radical (unpaired) electrons. The molecule has 0 saturated heterocycles. The minimum Gasteiger partial charge on any atom is -0.458 e. The van der Waals surface area contributed by atoms with Gasteiger partial charge in [-0.2, -0.15) is 0 Å². The Morgan fingerprint density at radius 2 is 1.85 bits per heavy atom. The molecule has 2 aromatic heterocycles. The molecule has 128 valence electrons. The highest BCUT2D eigenvalue weighted by atomic mass is 16.5. The van der Waals surface area contributed by atoms with Crippen LogP contribution in [0.4, 0.5) is 0 Å². The van der Waals surface area contributed by atoms with Crippen LogP contribution >= 0.6 is 0 Å². The van der Waals surface area contributed by atoms with Crippen LogP contribution in [-0.2, 0) is 24.3 Å². The van der Waals surface area contributed by atoms with Crippen LogP contribution in [0.15, 0.2) is 41.6 Å². The van der Waals surface area contributed by atoms with Crippen LogP contribution < -0.4 is 15.0 Å². The molecule has 0 unspecified atom stereocenters. The van der Waals surface area contributed by atoms with Gasteiger partial charge in [-0.05, 0) is 30.2 Å². The van der Waals surface area contributed by atoms with Gasteiger partial charge in [0.15, 0.2) is 11.5 Å². The molecule has 0 amide bonds. The fourth-order valence-corrected chi connectivity index (χ4v) is 3.95. The second-order valence-corrected chi connectivity index (χ2v) is 6.72. The minimum absolute atomic E-state index is 0.0365. The number of rotatable bonds is 0. The van der Waals surface area contributed by atoms with E-state index in [-0.39, 0.29) is 5.56 Å². The standard InChI is InChI=1S/C20H14N2O4/c23-20-14-10-24-2-1-11(14)6-16-19-13(9-22(16)20)5-12-7-17-18(8-15(12)21-19)26-4-3-25-17/h3-8H,1-2,9-10H2. The molecule has 0 atom stereocenters. The Morgan fingerprint density at radius 1 is 1.00 bits per heavy atom. The van der Waals surface area contributed by atoms with E-state index < -0.39 is 0 Å². The highest BCUT2D eigenvalue weighted by Crippen LogP contribution is 2.38. The Balaban J connectivity index is 1.58. The summed E-state index contributed by atoms with van der Waals surface area (Å²) in [5, 5.41) is 0.968. The number of nitrogens with zero attached hydrogens (tertiary/aromatic N) is 2. The van der Waals surface area contributed by atoms with Gasteiger partial charge >= 0.3 is 0 Å². The summed E-state index contributed by atoms with van der Waals surface area (Å²) in [6.45, 7) is 1.59. The summed E-state index contributed by atoms with van der Waals surface area (Å²) in [6.07, 6.45) is 3.79. The Morgan fingerprint density at radius 3 is 2.73 bits per heavy atom. The van der Waals surface area contributed by atoms with E-state index in [4.69, 9.17) is 19.2 Å². The van der Waals surface area contributed by atoms with Crippen molar-refractivity contribution in [3.05, 3.63) is 63.8 Å². The lowest BCUT2D eigenvalue weighted by atomic mass is 10.0. The summed E-state index contributed by atoms with van der Waals surface area (Å²) < 4.78 is 18.3. The average molecular weight is 346 g/mol. The van der Waals surface area contributed by atoms with Crippen molar-refractivity contribution in [2.75, 3.05) is 6.61 Å². The Kier molecular flexibility index (Phi) is 2.69. The molecule has 3 aliphatic rings. The van der Waals surface area contributed by atoms with E-state index in [1.807, 2.05) is 12.1 Å². The topological polar surface area (TPSA) is 62.6 Å². The number of pyridine rings is 2. The van der Waals surface area contributed by atoms with Crippen LogP contribution in [0.2, 0.25) is 0 Å². The lowest BCUT2D eigenvalue weighted by molar-refractivity contribution is 0.109. The first-order chi connectivity index (χ1) is 12.8. The maximum atomic E-state index is 12.9. The van der Waals surface area contributed by atoms with Crippen molar-refractivity contribution < 1.29 is 14.2 Å². The summed E-state index contributed by atoms with van der Waals surface area (Å²) in [6, 6.07) is 7.99. The minimum atomic E-state index is 0.0365. The van der Waals surface area contributed by atoms with Gasteiger partial charge in [-0.15, -0.1) is 0 Å². The first kappa shape index (κ1) is 14.1. The van der Waals surface area contributed by atoms with Crippen LogP contribution in [0.1, 0.15) is 16.7 Å². The van der Waals surface area contributed by atoms with Crippen LogP contribution in [0.3, 0.4) is 0 Å². The third-order valence-corrected chi connectivity index (χ3v) is 5.23. The predicted octanol–water partition coefficient (Wildman–Crippen LogP) is 2.74. The van der Waals surface area contributed by atoms with Gasteiger partial charge in [0.2, 0.25) is 0 Å². The number of hydrogen-bond donors (Lipinski definition) is 0. The number of benzene rings is 1. The molecule has 1 aromatic carbocycles. The molecule has 0 fully saturated rings. The summed E-state index contributed by atoms with van der Waals surface area (Å²) >= 11 is 0. The van der Waals surface area contributed by atoms with E-state index in [0.29, 0.717) is 31.3 Å². The second-order valence-electron chi connectivity index (χ2n) is 6.72. The molecule has 6 nitrogen and oxygen atoms in total. The first-order valence-electron chi connectivity index (χ1n) is 8.58. The highest BCUT2D eigenvalue weighted by molar-refractivity contribution is 5.87. The maximum Gasteiger partial charge on any atom is 0.257 e. The fourth-order valence-electron chi connectivity index (χ4n) is 3.95. The predicted molar refractivity (Wildman–Crippen MR) is 94.3 cm³/mol. The normalized spacial score (nSPS) is 16.3. The van der Waals surface area contributed by atoms with Gasteiger partial charge in [0.1, 0.15) is 12.5 Å². The molecule has 6 heteroatoms. The van der Waals surface area contributed by atoms with E-state index in [9.17, 15) is 4.79 Å². The van der Waals surface area contributed by atoms with Crippen molar-refractivity contribution in [1.82, 2.24) is 9.55 Å². The maximum absolute atomic E-state index is 12.9. The van der Waals surface area contributed by atoms with E-state index in [1.54, 1.807) is 4.57 Å². The molecular formula is C20H14N2O4. The Bertz CT molecular complexity index is 1190. The van der Waals surface area contributed by atoms with Crippen LogP contribution in [-0.4, -0.2) is 16.2 Å². The summed E-state index contributed by atoms with van der Waals surface area (Å²) in [5.41, 5.74) is 5.52. The largest absolute Gasteiger partial charge is 0.458 e. The highest BCUT2D eigenvalue weighted by Gasteiger charge is 2.26. The van der Waals surface area contributed by atoms with Crippen LogP contribution in [0.25, 0.3) is 22.3 Å². The van der Waals surface area contributed by atoms with Gasteiger partial charge in [-0.1, -0.05) is 0 Å². The Hall–Kier alpha value is -3.12. The van der Waals surface area contributed by atoms with Gasteiger partial charge in [0.25, 0.3) is 5.56 Å². The zero-order chi connectivity index (χ0) is 17.3. The lowest BCUT2D eigenvalue weighted by Crippen LogP contribution is -2.28. The van der Waals surface area contributed by atoms with E-state index in [1.165, 1.54) is 12.5 Å². The molecule has 6 rings (SSSR count). The Labute approximate surface area is 148 Å². The average Bonchev–Trinajstić information content (AvgIpc) is 3.02. The smallest absolute Gasteiger partial charge is 0.257 e. The molecule has 26 heavy (non-hydrogen) atoms. The summed E-state index contributed by atoms with van der Waals surface area (Å²) in [4.78, 5) is 17.7. The SMILES string of the molecule is O=c1c2c(cc3n1Cc1cc4cc5c(cc4nc1-3)OC=CO5)CCOC2. The summed E-state index contributed by atoms with van der Waals surface area (Å²) in [5.74, 6) is 1.31. The van der Waals surface area contributed by atoms with Crippen LogP contribution in [0.5, 0.6) is 11.5 Å². The van der Waals surface area contributed by atoms with Crippen LogP contribution in [0, 0.1) is 0 Å². The van der Waals surface area contributed by atoms with E-state index >= 15 is 0 Å². The summed E-state index contributed by atoms with van der Waals surface area (Å²) in [7, 11) is 0. The lowest BCUT2D eigenvalue weighted by Gasteiger charge is -2.17. The van der Waals surface area contributed by atoms with Crippen molar-refractivity contribution in [3.8, 4) is 22.9 Å². The quantitative estimate of drug-likeness (QED) is 0.490. The van der Waals surface area contributed by atoms with Gasteiger partial charge in [-0.3, -0.25) is 4.79 Å². The third-order valence-electron chi connectivity index (χ3n) is 5.23. The van der Waals surface area contributed by atoms with Crippen molar-refractivity contribution in [2.24, 2.45) is 0 Å². The molecule has 0 spiro atoms. The first-order valence-corrected chi connectivity index (χ1v) is 8.58. The zero-order valence-corrected chi connectivity index (χ0v) is 13.8. The molecule has 5 heterocycles. The molecule has 0 aliphatic carbocycles.